The quantitative estimate of drug-likeness (QED) is 0.818. The average Bonchev–Trinajstić information content (AvgIpc) is 2.98. The van der Waals surface area contributed by atoms with Gasteiger partial charge in [0, 0.05) is 17.9 Å². The van der Waals surface area contributed by atoms with Crippen molar-refractivity contribution in [3.63, 3.8) is 0 Å². The van der Waals surface area contributed by atoms with Crippen molar-refractivity contribution in [2.75, 3.05) is 13.2 Å². The third-order valence-corrected chi connectivity index (χ3v) is 4.40. The lowest BCUT2D eigenvalue weighted by atomic mass is 10.0. The van der Waals surface area contributed by atoms with Crippen molar-refractivity contribution in [2.45, 2.75) is 44.8 Å². The monoisotopic (exact) mass is 306 g/mol. The number of amides is 1. The highest BCUT2D eigenvalue weighted by Gasteiger charge is 2.15. The molecule has 4 nitrogen and oxygen atoms in total. The van der Waals surface area contributed by atoms with Crippen LogP contribution in [0.25, 0.3) is 0 Å². The van der Waals surface area contributed by atoms with Crippen LogP contribution in [0.4, 0.5) is 0 Å². The highest BCUT2D eigenvalue weighted by atomic mass is 32.1. The second-order valence-corrected chi connectivity index (χ2v) is 6.24. The van der Waals surface area contributed by atoms with Crippen LogP contribution in [-0.2, 0) is 16.1 Å². The van der Waals surface area contributed by atoms with E-state index in [1.54, 1.807) is 11.3 Å². The van der Waals surface area contributed by atoms with Gasteiger partial charge in [-0.15, -0.1) is 11.3 Å². The van der Waals surface area contributed by atoms with Gasteiger partial charge < -0.3 is 15.8 Å². The molecule has 1 aromatic heterocycles. The Morgan fingerprint density at radius 2 is 2.38 bits per heavy atom. The van der Waals surface area contributed by atoms with E-state index in [-0.39, 0.29) is 12.0 Å². The SMILES string of the molecule is NCC#Cc1ccc(CNC(=O)CCC2CCCCO2)s1. The van der Waals surface area contributed by atoms with Crippen LogP contribution in [0.1, 0.15) is 41.9 Å². The van der Waals surface area contributed by atoms with Gasteiger partial charge >= 0.3 is 0 Å². The molecule has 1 aromatic rings. The molecule has 0 radical (unpaired) electrons. The van der Waals surface area contributed by atoms with Crippen molar-refractivity contribution in [1.82, 2.24) is 5.32 Å². The molecular formula is C16H22N2O2S. The van der Waals surface area contributed by atoms with Crippen molar-refractivity contribution < 1.29 is 9.53 Å². The maximum Gasteiger partial charge on any atom is 0.220 e. The zero-order chi connectivity index (χ0) is 14.9. The van der Waals surface area contributed by atoms with Crippen LogP contribution >= 0.6 is 11.3 Å². The summed E-state index contributed by atoms with van der Waals surface area (Å²) in [6.45, 7) is 1.78. The molecule has 1 saturated heterocycles. The molecule has 0 spiro atoms. The van der Waals surface area contributed by atoms with Gasteiger partial charge in [-0.25, -0.2) is 0 Å². The fourth-order valence-electron chi connectivity index (χ4n) is 2.28. The fourth-order valence-corrected chi connectivity index (χ4v) is 3.10. The summed E-state index contributed by atoms with van der Waals surface area (Å²) in [5.41, 5.74) is 5.34. The molecule has 1 aliphatic heterocycles. The van der Waals surface area contributed by atoms with Crippen molar-refractivity contribution in [2.24, 2.45) is 5.73 Å². The summed E-state index contributed by atoms with van der Waals surface area (Å²) < 4.78 is 5.63. The van der Waals surface area contributed by atoms with E-state index in [1.807, 2.05) is 12.1 Å². The Labute approximate surface area is 130 Å². The van der Waals surface area contributed by atoms with Crippen molar-refractivity contribution >= 4 is 17.2 Å². The summed E-state index contributed by atoms with van der Waals surface area (Å²) in [7, 11) is 0. The Balaban J connectivity index is 1.67. The lowest BCUT2D eigenvalue weighted by molar-refractivity contribution is -0.122. The van der Waals surface area contributed by atoms with Crippen LogP contribution in [0.3, 0.4) is 0 Å². The van der Waals surface area contributed by atoms with Gasteiger partial charge in [-0.3, -0.25) is 4.79 Å². The lowest BCUT2D eigenvalue weighted by Crippen LogP contribution is -2.25. The predicted octanol–water partition coefficient (Wildman–Crippen LogP) is 2.02. The van der Waals surface area contributed by atoms with Gasteiger partial charge in [0.2, 0.25) is 5.91 Å². The minimum Gasteiger partial charge on any atom is -0.378 e. The Kier molecular flexibility index (Phi) is 6.74. The summed E-state index contributed by atoms with van der Waals surface area (Å²) >= 11 is 1.59. The summed E-state index contributed by atoms with van der Waals surface area (Å²) in [5.74, 6) is 5.91. The van der Waals surface area contributed by atoms with Gasteiger partial charge in [0.1, 0.15) is 0 Å². The first kappa shape index (κ1) is 16.0. The van der Waals surface area contributed by atoms with Crippen molar-refractivity contribution in [3.05, 3.63) is 21.9 Å². The molecule has 1 unspecified atom stereocenters. The number of thiophene rings is 1. The zero-order valence-electron chi connectivity index (χ0n) is 12.2. The molecule has 0 aromatic carbocycles. The Morgan fingerprint density at radius 1 is 1.48 bits per heavy atom. The molecule has 0 aliphatic carbocycles. The van der Waals surface area contributed by atoms with Gasteiger partial charge in [-0.1, -0.05) is 11.8 Å². The first-order chi connectivity index (χ1) is 10.3. The molecule has 3 N–H and O–H groups in total. The van der Waals surface area contributed by atoms with E-state index in [2.05, 4.69) is 17.2 Å². The summed E-state index contributed by atoms with van der Waals surface area (Å²) in [5, 5.41) is 2.95. The molecule has 1 atom stereocenters. The Morgan fingerprint density at radius 3 is 3.14 bits per heavy atom. The van der Waals surface area contributed by atoms with E-state index in [9.17, 15) is 4.79 Å². The zero-order valence-corrected chi connectivity index (χ0v) is 13.0. The molecule has 1 amide bonds. The molecular weight excluding hydrogens is 284 g/mol. The molecule has 5 heteroatoms. The number of nitrogens with two attached hydrogens (primary N) is 1. The number of hydrogen-bond acceptors (Lipinski definition) is 4. The third kappa shape index (κ3) is 5.88. The maximum absolute atomic E-state index is 11.8. The van der Waals surface area contributed by atoms with E-state index in [0.29, 0.717) is 19.5 Å². The minimum absolute atomic E-state index is 0.0900. The first-order valence-electron chi connectivity index (χ1n) is 7.44. The Bertz CT molecular complexity index is 510. The average molecular weight is 306 g/mol. The summed E-state index contributed by atoms with van der Waals surface area (Å²) in [4.78, 5) is 13.9. The van der Waals surface area contributed by atoms with Gasteiger partial charge in [0.05, 0.1) is 24.1 Å². The largest absolute Gasteiger partial charge is 0.378 e. The maximum atomic E-state index is 11.8. The molecule has 114 valence electrons. The summed E-state index contributed by atoms with van der Waals surface area (Å²) in [6.07, 6.45) is 5.08. The smallest absolute Gasteiger partial charge is 0.220 e. The number of carbonyl (C=O) groups is 1. The van der Waals surface area contributed by atoms with Gasteiger partial charge in [0.15, 0.2) is 0 Å². The number of carbonyl (C=O) groups excluding carboxylic acids is 1. The molecule has 0 saturated carbocycles. The molecule has 1 fully saturated rings. The second-order valence-electron chi connectivity index (χ2n) is 5.08. The molecule has 21 heavy (non-hydrogen) atoms. The van der Waals surface area contributed by atoms with Crippen LogP contribution in [-0.4, -0.2) is 25.2 Å². The predicted molar refractivity (Wildman–Crippen MR) is 84.9 cm³/mol. The van der Waals surface area contributed by atoms with Crippen LogP contribution in [0.5, 0.6) is 0 Å². The van der Waals surface area contributed by atoms with Crippen LogP contribution in [0.2, 0.25) is 0 Å². The number of hydrogen-bond donors (Lipinski definition) is 2. The number of nitrogens with one attached hydrogen (secondary N) is 1. The van der Waals surface area contributed by atoms with E-state index in [1.165, 1.54) is 6.42 Å². The second kappa shape index (κ2) is 8.83. The topological polar surface area (TPSA) is 64.3 Å². The van der Waals surface area contributed by atoms with E-state index >= 15 is 0 Å². The highest BCUT2D eigenvalue weighted by molar-refractivity contribution is 7.12. The lowest BCUT2D eigenvalue weighted by Gasteiger charge is -2.22. The van der Waals surface area contributed by atoms with Crippen molar-refractivity contribution in [1.29, 1.82) is 0 Å². The van der Waals surface area contributed by atoms with E-state index in [4.69, 9.17) is 10.5 Å². The van der Waals surface area contributed by atoms with Crippen LogP contribution < -0.4 is 11.1 Å². The fraction of sp³-hybridized carbons (Fsp3) is 0.562. The number of rotatable bonds is 5. The molecule has 2 heterocycles. The normalized spacial score (nSPS) is 17.9. The Hall–Kier alpha value is -1.35. The van der Waals surface area contributed by atoms with Crippen LogP contribution in [0, 0.1) is 11.8 Å². The van der Waals surface area contributed by atoms with E-state index < -0.39 is 0 Å². The first-order valence-corrected chi connectivity index (χ1v) is 8.25. The molecule has 1 aliphatic rings. The molecule has 0 bridgehead atoms. The van der Waals surface area contributed by atoms with Crippen LogP contribution in [0.15, 0.2) is 12.1 Å². The van der Waals surface area contributed by atoms with Gasteiger partial charge in [-0.2, -0.15) is 0 Å². The van der Waals surface area contributed by atoms with Gasteiger partial charge in [-0.05, 0) is 37.8 Å². The molecule has 2 rings (SSSR count). The van der Waals surface area contributed by atoms with Gasteiger partial charge in [0.25, 0.3) is 0 Å². The summed E-state index contributed by atoms with van der Waals surface area (Å²) in [6, 6.07) is 3.96. The van der Waals surface area contributed by atoms with E-state index in [0.717, 1.165) is 35.6 Å². The third-order valence-electron chi connectivity index (χ3n) is 3.40. The minimum atomic E-state index is 0.0900. The highest BCUT2D eigenvalue weighted by Crippen LogP contribution is 2.17. The number of ether oxygens (including phenoxy) is 1. The standard InChI is InChI=1S/C16H22N2O2S/c17-10-3-5-14-7-8-15(21-14)12-18-16(19)9-6-13-4-1-2-11-20-13/h7-8,13H,1-2,4,6,9-12,17H2,(H,18,19). The van der Waals surface area contributed by atoms with Crippen molar-refractivity contribution in [3.8, 4) is 11.8 Å².